The lowest BCUT2D eigenvalue weighted by molar-refractivity contribution is -0.108. The highest BCUT2D eigenvalue weighted by atomic mass is 32.2. The summed E-state index contributed by atoms with van der Waals surface area (Å²) in [4.78, 5) is -0.0110. The number of aromatic amines is 1. The van der Waals surface area contributed by atoms with Crippen LogP contribution in [0.1, 0.15) is 27.2 Å². The van der Waals surface area contributed by atoms with Gasteiger partial charge in [0.15, 0.2) is 0 Å². The van der Waals surface area contributed by atoms with E-state index in [9.17, 15) is 8.42 Å². The van der Waals surface area contributed by atoms with Gasteiger partial charge in [-0.3, -0.25) is 5.10 Å². The fourth-order valence-corrected chi connectivity index (χ4v) is 3.75. The topological polar surface area (TPSA) is 110 Å². The lowest BCUT2D eigenvalue weighted by Crippen LogP contribution is -2.61. The van der Waals surface area contributed by atoms with Gasteiger partial charge in [0.05, 0.1) is 12.3 Å². The highest BCUT2D eigenvalue weighted by molar-refractivity contribution is 7.89. The minimum atomic E-state index is -3.64. The van der Waals surface area contributed by atoms with Gasteiger partial charge in [0, 0.05) is 18.1 Å². The van der Waals surface area contributed by atoms with Crippen molar-refractivity contribution in [3.8, 4) is 0 Å². The average molecular weight is 288 g/mol. The van der Waals surface area contributed by atoms with E-state index in [4.69, 9.17) is 10.5 Å². The zero-order valence-corrected chi connectivity index (χ0v) is 12.1. The zero-order valence-electron chi connectivity index (χ0n) is 11.3. The Morgan fingerprint density at radius 3 is 2.79 bits per heavy atom. The standard InChI is InChI=1S/C11H20N4O3S/c1-4-18-9-5-8(11(9,2)3)15-19(16,17)7-6-13-14-10(7)12/h6,8-9,15H,4-5H2,1-3H3,(H3,12,13,14). The summed E-state index contributed by atoms with van der Waals surface area (Å²) in [6.45, 7) is 6.54. The van der Waals surface area contributed by atoms with Crippen molar-refractivity contribution < 1.29 is 13.2 Å². The van der Waals surface area contributed by atoms with Gasteiger partial charge in [0.1, 0.15) is 10.7 Å². The second-order valence-corrected chi connectivity index (χ2v) is 7.01. The predicted octanol–water partition coefficient (Wildman–Crippen LogP) is 0.474. The zero-order chi connectivity index (χ0) is 14.3. The summed E-state index contributed by atoms with van der Waals surface area (Å²) >= 11 is 0. The molecule has 0 spiro atoms. The van der Waals surface area contributed by atoms with Crippen LogP contribution in [0.5, 0.6) is 0 Å². The molecule has 1 heterocycles. The molecule has 0 bridgehead atoms. The van der Waals surface area contributed by atoms with E-state index in [1.807, 2.05) is 20.8 Å². The number of nitrogens with two attached hydrogens (primary N) is 1. The quantitative estimate of drug-likeness (QED) is 0.729. The van der Waals surface area contributed by atoms with E-state index < -0.39 is 10.0 Å². The Hall–Kier alpha value is -1.12. The van der Waals surface area contributed by atoms with E-state index in [0.717, 1.165) is 0 Å². The van der Waals surface area contributed by atoms with Crippen molar-refractivity contribution in [2.45, 2.75) is 44.2 Å². The Morgan fingerprint density at radius 2 is 2.32 bits per heavy atom. The molecule has 1 aliphatic rings. The summed E-state index contributed by atoms with van der Waals surface area (Å²) in [5.74, 6) is 0.0472. The van der Waals surface area contributed by atoms with Crippen molar-refractivity contribution in [2.75, 3.05) is 12.3 Å². The van der Waals surface area contributed by atoms with E-state index in [2.05, 4.69) is 14.9 Å². The second kappa shape index (κ2) is 4.77. The van der Waals surface area contributed by atoms with Crippen LogP contribution in [0.3, 0.4) is 0 Å². The van der Waals surface area contributed by atoms with Crippen LogP contribution in [0.25, 0.3) is 0 Å². The number of nitrogens with zero attached hydrogens (tertiary/aromatic N) is 1. The molecule has 1 saturated carbocycles. The molecule has 19 heavy (non-hydrogen) atoms. The molecule has 7 nitrogen and oxygen atoms in total. The number of hydrogen-bond acceptors (Lipinski definition) is 5. The normalized spacial score (nSPS) is 26.1. The Kier molecular flexibility index (Phi) is 3.59. The molecule has 4 N–H and O–H groups in total. The fraction of sp³-hybridized carbons (Fsp3) is 0.727. The molecular formula is C11H20N4O3S. The number of nitrogen functional groups attached to an aromatic ring is 1. The monoisotopic (exact) mass is 288 g/mol. The van der Waals surface area contributed by atoms with Gasteiger partial charge in [-0.2, -0.15) is 5.10 Å². The van der Waals surface area contributed by atoms with Gasteiger partial charge in [-0.25, -0.2) is 13.1 Å². The summed E-state index contributed by atoms with van der Waals surface area (Å²) < 4.78 is 32.6. The number of anilines is 1. The minimum absolute atomic E-state index is 0.0110. The van der Waals surface area contributed by atoms with Gasteiger partial charge in [0.2, 0.25) is 10.0 Å². The Bertz CT molecular complexity index is 552. The van der Waals surface area contributed by atoms with E-state index in [1.165, 1.54) is 6.20 Å². The maximum atomic E-state index is 12.2. The number of rotatable bonds is 5. The summed E-state index contributed by atoms with van der Waals surface area (Å²) in [6, 6.07) is -0.164. The van der Waals surface area contributed by atoms with Crippen molar-refractivity contribution in [3.63, 3.8) is 0 Å². The molecule has 108 valence electrons. The average Bonchev–Trinajstić information content (AvgIpc) is 2.75. The largest absolute Gasteiger partial charge is 0.383 e. The summed E-state index contributed by atoms with van der Waals surface area (Å²) in [5, 5.41) is 6.04. The molecule has 0 saturated heterocycles. The molecule has 2 atom stereocenters. The van der Waals surface area contributed by atoms with Crippen molar-refractivity contribution in [2.24, 2.45) is 5.41 Å². The predicted molar refractivity (Wildman–Crippen MR) is 70.9 cm³/mol. The summed E-state index contributed by atoms with van der Waals surface area (Å²) in [6.07, 6.45) is 1.95. The first-order valence-electron chi connectivity index (χ1n) is 6.21. The van der Waals surface area contributed by atoms with Crippen LogP contribution in [-0.4, -0.2) is 37.4 Å². The van der Waals surface area contributed by atoms with Crippen LogP contribution in [0, 0.1) is 5.41 Å². The Labute approximate surface area is 113 Å². The number of sulfonamides is 1. The first-order valence-corrected chi connectivity index (χ1v) is 7.70. The minimum Gasteiger partial charge on any atom is -0.383 e. The molecule has 0 aromatic carbocycles. The van der Waals surface area contributed by atoms with Gasteiger partial charge < -0.3 is 10.5 Å². The summed E-state index contributed by atoms with van der Waals surface area (Å²) in [5.41, 5.74) is 5.31. The van der Waals surface area contributed by atoms with Crippen LogP contribution >= 0.6 is 0 Å². The molecule has 0 radical (unpaired) electrons. The van der Waals surface area contributed by atoms with E-state index in [0.29, 0.717) is 13.0 Å². The lowest BCUT2D eigenvalue weighted by Gasteiger charge is -2.51. The number of ether oxygens (including phenoxy) is 1. The van der Waals surface area contributed by atoms with Crippen LogP contribution in [0.4, 0.5) is 5.82 Å². The first-order chi connectivity index (χ1) is 8.79. The molecule has 0 amide bonds. The molecule has 2 unspecified atom stereocenters. The van der Waals surface area contributed by atoms with Crippen LogP contribution in [-0.2, 0) is 14.8 Å². The molecule has 1 fully saturated rings. The van der Waals surface area contributed by atoms with Gasteiger partial charge in [-0.05, 0) is 13.3 Å². The molecule has 2 rings (SSSR count). The van der Waals surface area contributed by atoms with Crippen molar-refractivity contribution in [1.82, 2.24) is 14.9 Å². The Morgan fingerprint density at radius 1 is 1.63 bits per heavy atom. The van der Waals surface area contributed by atoms with Crippen molar-refractivity contribution in [1.29, 1.82) is 0 Å². The molecule has 0 aliphatic heterocycles. The van der Waals surface area contributed by atoms with Crippen LogP contribution < -0.4 is 10.5 Å². The SMILES string of the molecule is CCOC1CC(NS(=O)(=O)c2cn[nH]c2N)C1(C)C. The van der Waals surface area contributed by atoms with Gasteiger partial charge in [-0.1, -0.05) is 13.8 Å². The third-order valence-corrected chi connectivity index (χ3v) is 5.26. The van der Waals surface area contributed by atoms with Crippen molar-refractivity contribution in [3.05, 3.63) is 6.20 Å². The molecular weight excluding hydrogens is 268 g/mol. The Balaban J connectivity index is 2.10. The van der Waals surface area contributed by atoms with Gasteiger partial charge in [-0.15, -0.1) is 0 Å². The highest BCUT2D eigenvalue weighted by Crippen LogP contribution is 2.43. The smallest absolute Gasteiger partial charge is 0.246 e. The second-order valence-electron chi connectivity index (χ2n) is 5.32. The molecule has 1 aliphatic carbocycles. The van der Waals surface area contributed by atoms with Gasteiger partial charge in [0.25, 0.3) is 0 Å². The number of H-pyrrole nitrogens is 1. The number of aromatic nitrogens is 2. The first kappa shape index (κ1) is 14.3. The van der Waals surface area contributed by atoms with Crippen LogP contribution in [0.2, 0.25) is 0 Å². The van der Waals surface area contributed by atoms with E-state index in [1.54, 1.807) is 0 Å². The summed E-state index contributed by atoms with van der Waals surface area (Å²) in [7, 11) is -3.64. The third kappa shape index (κ3) is 2.47. The molecule has 8 heteroatoms. The maximum Gasteiger partial charge on any atom is 0.246 e. The van der Waals surface area contributed by atoms with Crippen molar-refractivity contribution >= 4 is 15.8 Å². The van der Waals surface area contributed by atoms with E-state index >= 15 is 0 Å². The van der Waals surface area contributed by atoms with Gasteiger partial charge >= 0.3 is 0 Å². The van der Waals surface area contributed by atoms with Crippen LogP contribution in [0.15, 0.2) is 11.1 Å². The molecule has 1 aromatic rings. The number of hydrogen-bond donors (Lipinski definition) is 3. The van der Waals surface area contributed by atoms with E-state index in [-0.39, 0.29) is 28.3 Å². The fourth-order valence-electron chi connectivity index (χ4n) is 2.32. The molecule has 1 aromatic heterocycles. The number of nitrogens with one attached hydrogen (secondary N) is 2. The highest BCUT2D eigenvalue weighted by Gasteiger charge is 2.50. The third-order valence-electron chi connectivity index (χ3n) is 3.76. The lowest BCUT2D eigenvalue weighted by atomic mass is 9.65. The maximum absolute atomic E-state index is 12.2.